The van der Waals surface area contributed by atoms with Gasteiger partial charge in [0.25, 0.3) is 0 Å². The molecule has 0 aliphatic heterocycles. The molecule has 0 fully saturated rings. The molecule has 0 aromatic carbocycles. The molecule has 0 atom stereocenters. The van der Waals surface area contributed by atoms with E-state index in [0.29, 0.717) is 6.61 Å². The summed E-state index contributed by atoms with van der Waals surface area (Å²) in [5, 5.41) is 8.92. The molecule has 86 valence electrons. The molecule has 0 saturated heterocycles. The summed E-state index contributed by atoms with van der Waals surface area (Å²) in [6, 6.07) is 0. The fraction of sp³-hybridized carbons (Fsp3) is 1.00. The van der Waals surface area contributed by atoms with E-state index >= 15 is 0 Å². The summed E-state index contributed by atoms with van der Waals surface area (Å²) in [5.74, 6) is 0. The van der Waals surface area contributed by atoms with Gasteiger partial charge in [0.2, 0.25) is 0 Å². The maximum Gasteiger partial charge on any atom is 0.0808 e. The van der Waals surface area contributed by atoms with Gasteiger partial charge >= 0.3 is 0 Å². The van der Waals surface area contributed by atoms with Crippen LogP contribution in [0.1, 0.15) is 46.5 Å². The Morgan fingerprint density at radius 2 is 1.21 bits per heavy atom. The van der Waals surface area contributed by atoms with Crippen LogP contribution in [0.3, 0.4) is 0 Å². The van der Waals surface area contributed by atoms with Gasteiger partial charge in [-0.15, -0.1) is 0 Å². The summed E-state index contributed by atoms with van der Waals surface area (Å²) in [6.07, 6.45) is 4.72. The fourth-order valence-corrected chi connectivity index (χ4v) is 2.50. The van der Waals surface area contributed by atoms with Crippen LogP contribution >= 0.6 is 0 Å². The van der Waals surface area contributed by atoms with Gasteiger partial charge in [0.05, 0.1) is 26.2 Å². The number of quaternary nitrogens is 1. The molecule has 0 heterocycles. The first-order valence-electron chi connectivity index (χ1n) is 6.20. The summed E-state index contributed by atoms with van der Waals surface area (Å²) < 4.78 is 1.23. The predicted octanol–water partition coefficient (Wildman–Crippen LogP) is 2.42. The maximum absolute atomic E-state index is 8.92. The smallest absolute Gasteiger partial charge is 0.0808 e. The van der Waals surface area contributed by atoms with E-state index in [1.54, 1.807) is 0 Å². The summed E-state index contributed by atoms with van der Waals surface area (Å²) in [6.45, 7) is 12.1. The fourth-order valence-electron chi connectivity index (χ4n) is 2.50. The molecule has 2 heteroatoms. The highest BCUT2D eigenvalue weighted by atomic mass is 16.3. The Labute approximate surface area is 89.5 Å². The van der Waals surface area contributed by atoms with Gasteiger partial charge in [0.1, 0.15) is 0 Å². The standard InChI is InChI=1S/C12H28NO/c1-4-8-13(9-5-2,10-6-3)11-7-12-14/h14H,4-12H2,1-3H3/q+1. The van der Waals surface area contributed by atoms with Crippen molar-refractivity contribution in [1.29, 1.82) is 0 Å². The van der Waals surface area contributed by atoms with Crippen LogP contribution in [0.25, 0.3) is 0 Å². The Hall–Kier alpha value is -0.0800. The number of nitrogens with zero attached hydrogens (tertiary/aromatic N) is 1. The van der Waals surface area contributed by atoms with E-state index in [0.717, 1.165) is 13.0 Å². The van der Waals surface area contributed by atoms with Crippen LogP contribution in [0.5, 0.6) is 0 Å². The van der Waals surface area contributed by atoms with Crippen LogP contribution in [-0.4, -0.2) is 42.4 Å². The van der Waals surface area contributed by atoms with E-state index in [4.69, 9.17) is 5.11 Å². The lowest BCUT2D eigenvalue weighted by molar-refractivity contribution is -0.928. The molecular formula is C12H28NO+. The normalized spacial score (nSPS) is 12.0. The van der Waals surface area contributed by atoms with Crippen LogP contribution in [0.4, 0.5) is 0 Å². The molecule has 0 unspecified atom stereocenters. The molecule has 0 radical (unpaired) electrons. The molecule has 14 heavy (non-hydrogen) atoms. The van der Waals surface area contributed by atoms with Gasteiger partial charge < -0.3 is 9.59 Å². The first-order valence-corrected chi connectivity index (χ1v) is 6.20. The molecule has 0 aromatic heterocycles. The molecule has 0 rings (SSSR count). The third-order valence-corrected chi connectivity index (χ3v) is 2.88. The minimum absolute atomic E-state index is 0.344. The van der Waals surface area contributed by atoms with Gasteiger partial charge in [-0.3, -0.25) is 0 Å². The average molecular weight is 202 g/mol. The van der Waals surface area contributed by atoms with Crippen LogP contribution in [0.2, 0.25) is 0 Å². The van der Waals surface area contributed by atoms with Crippen molar-refractivity contribution in [1.82, 2.24) is 0 Å². The Kier molecular flexibility index (Phi) is 8.20. The Balaban J connectivity index is 4.21. The Bertz CT molecular complexity index is 108. The number of rotatable bonds is 9. The monoisotopic (exact) mass is 202 g/mol. The Morgan fingerprint density at radius 1 is 0.786 bits per heavy atom. The topological polar surface area (TPSA) is 20.2 Å². The van der Waals surface area contributed by atoms with E-state index in [-0.39, 0.29) is 0 Å². The van der Waals surface area contributed by atoms with Gasteiger partial charge in [-0.05, 0) is 19.3 Å². The molecule has 0 aliphatic carbocycles. The molecule has 0 spiro atoms. The average Bonchev–Trinajstić information content (AvgIpc) is 2.16. The summed E-state index contributed by atoms with van der Waals surface area (Å²) in [4.78, 5) is 0. The van der Waals surface area contributed by atoms with Crippen LogP contribution in [0, 0.1) is 0 Å². The highest BCUT2D eigenvalue weighted by Crippen LogP contribution is 2.12. The quantitative estimate of drug-likeness (QED) is 0.569. The van der Waals surface area contributed by atoms with Crippen LogP contribution < -0.4 is 0 Å². The first-order chi connectivity index (χ1) is 6.74. The second-order valence-electron chi connectivity index (χ2n) is 4.31. The van der Waals surface area contributed by atoms with Crippen LogP contribution in [0.15, 0.2) is 0 Å². The minimum Gasteiger partial charge on any atom is -0.396 e. The summed E-state index contributed by atoms with van der Waals surface area (Å²) in [5.41, 5.74) is 0. The zero-order chi connectivity index (χ0) is 10.9. The lowest BCUT2D eigenvalue weighted by Crippen LogP contribution is -2.50. The van der Waals surface area contributed by atoms with E-state index in [1.807, 2.05) is 0 Å². The van der Waals surface area contributed by atoms with Crippen molar-refractivity contribution in [2.75, 3.05) is 32.8 Å². The SMILES string of the molecule is CCC[N+](CCC)(CCC)CCCO. The van der Waals surface area contributed by atoms with Crippen LogP contribution in [-0.2, 0) is 0 Å². The number of aliphatic hydroxyl groups is 1. The van der Waals surface area contributed by atoms with E-state index in [9.17, 15) is 0 Å². The zero-order valence-electron chi connectivity index (χ0n) is 10.3. The third kappa shape index (κ3) is 4.97. The summed E-state index contributed by atoms with van der Waals surface area (Å²) in [7, 11) is 0. The van der Waals surface area contributed by atoms with Gasteiger partial charge in [-0.2, -0.15) is 0 Å². The largest absolute Gasteiger partial charge is 0.396 e. The maximum atomic E-state index is 8.92. The molecule has 2 nitrogen and oxygen atoms in total. The molecule has 0 aliphatic rings. The van der Waals surface area contributed by atoms with Gasteiger partial charge in [-0.25, -0.2) is 0 Å². The predicted molar refractivity (Wildman–Crippen MR) is 62.3 cm³/mol. The van der Waals surface area contributed by atoms with Crippen molar-refractivity contribution in [2.45, 2.75) is 46.5 Å². The second kappa shape index (κ2) is 8.25. The van der Waals surface area contributed by atoms with E-state index < -0.39 is 0 Å². The highest BCUT2D eigenvalue weighted by molar-refractivity contribution is 4.45. The van der Waals surface area contributed by atoms with Gasteiger partial charge in [-0.1, -0.05) is 20.8 Å². The minimum atomic E-state index is 0.344. The lowest BCUT2D eigenvalue weighted by Gasteiger charge is -2.38. The highest BCUT2D eigenvalue weighted by Gasteiger charge is 2.23. The first kappa shape index (κ1) is 13.9. The number of hydrogen-bond donors (Lipinski definition) is 1. The van der Waals surface area contributed by atoms with Crippen molar-refractivity contribution >= 4 is 0 Å². The van der Waals surface area contributed by atoms with E-state index in [1.165, 1.54) is 43.4 Å². The van der Waals surface area contributed by atoms with Crippen molar-refractivity contribution in [3.63, 3.8) is 0 Å². The second-order valence-corrected chi connectivity index (χ2v) is 4.31. The zero-order valence-corrected chi connectivity index (χ0v) is 10.3. The number of hydrogen-bond acceptors (Lipinski definition) is 1. The lowest BCUT2D eigenvalue weighted by atomic mass is 10.2. The molecule has 0 saturated carbocycles. The van der Waals surface area contributed by atoms with Gasteiger partial charge in [0, 0.05) is 13.0 Å². The number of aliphatic hydroxyl groups excluding tert-OH is 1. The van der Waals surface area contributed by atoms with Crippen molar-refractivity contribution < 1.29 is 9.59 Å². The van der Waals surface area contributed by atoms with Crippen molar-refractivity contribution in [3.05, 3.63) is 0 Å². The summed E-state index contributed by atoms with van der Waals surface area (Å²) >= 11 is 0. The van der Waals surface area contributed by atoms with Crippen molar-refractivity contribution in [3.8, 4) is 0 Å². The molecule has 0 bridgehead atoms. The third-order valence-electron chi connectivity index (χ3n) is 2.88. The Morgan fingerprint density at radius 3 is 1.50 bits per heavy atom. The molecule has 1 N–H and O–H groups in total. The van der Waals surface area contributed by atoms with E-state index in [2.05, 4.69) is 20.8 Å². The molecule has 0 amide bonds. The van der Waals surface area contributed by atoms with Gasteiger partial charge in [0.15, 0.2) is 0 Å². The van der Waals surface area contributed by atoms with Crippen molar-refractivity contribution in [2.24, 2.45) is 0 Å². The molecular weight excluding hydrogens is 174 g/mol. The molecule has 0 aromatic rings.